The van der Waals surface area contributed by atoms with Crippen LogP contribution in [0, 0.1) is 13.8 Å². The van der Waals surface area contributed by atoms with E-state index >= 15 is 0 Å². The van der Waals surface area contributed by atoms with E-state index in [-0.39, 0.29) is 12.0 Å². The highest BCUT2D eigenvalue weighted by Gasteiger charge is 2.13. The number of anilines is 1. The van der Waals surface area contributed by atoms with Crippen molar-refractivity contribution in [1.82, 2.24) is 10.2 Å². The van der Waals surface area contributed by atoms with Crippen LogP contribution in [0.4, 0.5) is 5.69 Å². The molecule has 0 fully saturated rings. The number of nitrogens with one attached hydrogen (secondary N) is 2. The van der Waals surface area contributed by atoms with Crippen molar-refractivity contribution < 1.29 is 14.3 Å². The molecule has 3 rings (SSSR count). The molecular weight excluding hydrogens is 346 g/mol. The third-order valence-electron chi connectivity index (χ3n) is 3.96. The molecule has 1 heterocycles. The molecule has 0 saturated heterocycles. The number of rotatable bonds is 5. The number of H-pyrrole nitrogens is 1. The van der Waals surface area contributed by atoms with Gasteiger partial charge >= 0.3 is 5.97 Å². The second kappa shape index (κ2) is 7.82. The number of aromatic nitrogens is 2. The molecule has 0 spiro atoms. The van der Waals surface area contributed by atoms with E-state index in [0.717, 1.165) is 11.1 Å². The molecule has 0 aliphatic rings. The largest absolute Gasteiger partial charge is 0.455 e. The van der Waals surface area contributed by atoms with E-state index in [9.17, 15) is 14.4 Å². The predicted molar refractivity (Wildman–Crippen MR) is 102 cm³/mol. The zero-order chi connectivity index (χ0) is 19.4. The number of benzene rings is 2. The summed E-state index contributed by atoms with van der Waals surface area (Å²) in [5.41, 5.74) is 2.78. The summed E-state index contributed by atoms with van der Waals surface area (Å²) in [5.74, 6) is -1.03. The zero-order valence-electron chi connectivity index (χ0n) is 15.0. The van der Waals surface area contributed by atoms with Crippen LogP contribution < -0.4 is 10.9 Å². The SMILES string of the molecule is Cc1cc(C)cc(NC(=O)COC(=O)Cc2n[nH]c(=O)c3ccccc23)c1. The van der Waals surface area contributed by atoms with Crippen LogP contribution in [0.2, 0.25) is 0 Å². The van der Waals surface area contributed by atoms with E-state index < -0.39 is 18.5 Å². The maximum atomic E-state index is 12.1. The van der Waals surface area contributed by atoms with Crippen molar-refractivity contribution in [3.63, 3.8) is 0 Å². The topological polar surface area (TPSA) is 101 Å². The number of carbonyl (C=O) groups is 2. The molecule has 138 valence electrons. The minimum absolute atomic E-state index is 0.145. The number of fused-ring (bicyclic) bond motifs is 1. The Hall–Kier alpha value is -3.48. The molecule has 0 bridgehead atoms. The summed E-state index contributed by atoms with van der Waals surface area (Å²) < 4.78 is 5.04. The van der Waals surface area contributed by atoms with E-state index in [2.05, 4.69) is 15.5 Å². The maximum Gasteiger partial charge on any atom is 0.312 e. The minimum Gasteiger partial charge on any atom is -0.455 e. The molecule has 0 unspecified atom stereocenters. The smallest absolute Gasteiger partial charge is 0.312 e. The average Bonchev–Trinajstić information content (AvgIpc) is 2.62. The number of nitrogens with zero attached hydrogens (tertiary/aromatic N) is 1. The molecule has 0 aliphatic heterocycles. The fourth-order valence-electron chi connectivity index (χ4n) is 2.88. The van der Waals surface area contributed by atoms with E-state index in [1.807, 2.05) is 32.0 Å². The van der Waals surface area contributed by atoms with E-state index in [1.165, 1.54) is 0 Å². The van der Waals surface area contributed by atoms with Crippen LogP contribution in [0.5, 0.6) is 0 Å². The highest BCUT2D eigenvalue weighted by molar-refractivity contribution is 5.93. The van der Waals surface area contributed by atoms with Crippen molar-refractivity contribution in [2.75, 3.05) is 11.9 Å². The standard InChI is InChI=1S/C20H19N3O4/c1-12-7-13(2)9-14(8-12)21-18(24)11-27-19(25)10-17-15-5-3-4-6-16(15)20(26)23-22-17/h3-9H,10-11H2,1-2H3,(H,21,24)(H,23,26). The number of ether oxygens (including phenoxy) is 1. The third kappa shape index (κ3) is 4.58. The van der Waals surface area contributed by atoms with Gasteiger partial charge < -0.3 is 10.1 Å². The van der Waals surface area contributed by atoms with Gasteiger partial charge in [0.15, 0.2) is 6.61 Å². The fourth-order valence-corrected chi connectivity index (χ4v) is 2.88. The Morgan fingerprint density at radius 2 is 1.74 bits per heavy atom. The van der Waals surface area contributed by atoms with Gasteiger partial charge in [-0.25, -0.2) is 5.10 Å². The van der Waals surface area contributed by atoms with Gasteiger partial charge in [-0.15, -0.1) is 0 Å². The predicted octanol–water partition coefficient (Wildman–Crippen LogP) is 2.26. The molecular formula is C20H19N3O4. The number of hydrogen-bond acceptors (Lipinski definition) is 5. The summed E-state index contributed by atoms with van der Waals surface area (Å²) in [6.07, 6.45) is -0.145. The summed E-state index contributed by atoms with van der Waals surface area (Å²) in [6.45, 7) is 3.47. The molecule has 0 aliphatic carbocycles. The van der Waals surface area contributed by atoms with Gasteiger partial charge in [0.1, 0.15) is 0 Å². The van der Waals surface area contributed by atoms with Crippen LogP contribution in [-0.4, -0.2) is 28.7 Å². The van der Waals surface area contributed by atoms with Crippen LogP contribution in [0.3, 0.4) is 0 Å². The normalized spacial score (nSPS) is 10.6. The Labute approximate surface area is 155 Å². The lowest BCUT2D eigenvalue weighted by Gasteiger charge is -2.09. The van der Waals surface area contributed by atoms with Crippen molar-refractivity contribution in [2.24, 2.45) is 0 Å². The first-order valence-corrected chi connectivity index (χ1v) is 8.42. The van der Waals surface area contributed by atoms with Crippen LogP contribution >= 0.6 is 0 Å². The molecule has 3 aromatic rings. The number of amides is 1. The van der Waals surface area contributed by atoms with Crippen molar-refractivity contribution >= 4 is 28.3 Å². The molecule has 0 radical (unpaired) electrons. The molecule has 7 heteroatoms. The Balaban J connectivity index is 1.61. The number of aryl methyl sites for hydroxylation is 2. The molecule has 0 saturated carbocycles. The summed E-state index contributed by atoms with van der Waals surface area (Å²) in [7, 11) is 0. The van der Waals surface area contributed by atoms with Gasteiger partial charge in [-0.3, -0.25) is 14.4 Å². The maximum absolute atomic E-state index is 12.1. The summed E-state index contributed by atoms with van der Waals surface area (Å²) in [4.78, 5) is 35.8. The lowest BCUT2D eigenvalue weighted by molar-refractivity contribution is -0.146. The summed E-state index contributed by atoms with van der Waals surface area (Å²) >= 11 is 0. The Bertz CT molecular complexity index is 1050. The van der Waals surface area contributed by atoms with Gasteiger partial charge in [-0.2, -0.15) is 5.10 Å². The first-order valence-electron chi connectivity index (χ1n) is 8.42. The Morgan fingerprint density at radius 3 is 2.44 bits per heavy atom. The van der Waals surface area contributed by atoms with Gasteiger partial charge in [0.2, 0.25) is 0 Å². The van der Waals surface area contributed by atoms with E-state index in [4.69, 9.17) is 4.74 Å². The van der Waals surface area contributed by atoms with Gasteiger partial charge in [-0.05, 0) is 43.2 Å². The molecule has 0 atom stereocenters. The van der Waals surface area contributed by atoms with Crippen molar-refractivity contribution in [2.45, 2.75) is 20.3 Å². The average molecular weight is 365 g/mol. The molecule has 2 aromatic carbocycles. The second-order valence-corrected chi connectivity index (χ2v) is 6.31. The van der Waals surface area contributed by atoms with Gasteiger partial charge in [0.25, 0.3) is 11.5 Å². The molecule has 1 amide bonds. The van der Waals surface area contributed by atoms with Crippen molar-refractivity contribution in [1.29, 1.82) is 0 Å². The first-order chi connectivity index (χ1) is 12.9. The number of aromatic amines is 1. The lowest BCUT2D eigenvalue weighted by Crippen LogP contribution is -2.22. The van der Waals surface area contributed by atoms with Crippen molar-refractivity contribution in [3.05, 3.63) is 69.6 Å². The van der Waals surface area contributed by atoms with Crippen LogP contribution in [0.25, 0.3) is 10.8 Å². The van der Waals surface area contributed by atoms with Gasteiger partial charge in [0.05, 0.1) is 17.5 Å². The van der Waals surface area contributed by atoms with E-state index in [1.54, 1.807) is 24.3 Å². The zero-order valence-corrected chi connectivity index (χ0v) is 15.0. The van der Waals surface area contributed by atoms with E-state index in [0.29, 0.717) is 22.2 Å². The third-order valence-corrected chi connectivity index (χ3v) is 3.96. The van der Waals surface area contributed by atoms with Gasteiger partial charge in [-0.1, -0.05) is 24.3 Å². The molecule has 7 nitrogen and oxygen atoms in total. The van der Waals surface area contributed by atoms with Crippen LogP contribution in [0.1, 0.15) is 16.8 Å². The monoisotopic (exact) mass is 365 g/mol. The lowest BCUT2D eigenvalue weighted by atomic mass is 10.1. The quantitative estimate of drug-likeness (QED) is 0.676. The molecule has 2 N–H and O–H groups in total. The van der Waals surface area contributed by atoms with Crippen molar-refractivity contribution in [3.8, 4) is 0 Å². The second-order valence-electron chi connectivity index (χ2n) is 6.31. The number of carbonyl (C=O) groups excluding carboxylic acids is 2. The number of esters is 1. The first kappa shape index (κ1) is 18.3. The van der Waals surface area contributed by atoms with Gasteiger partial charge in [0, 0.05) is 11.1 Å². The fraction of sp³-hybridized carbons (Fsp3) is 0.200. The van der Waals surface area contributed by atoms with Crippen LogP contribution in [-0.2, 0) is 20.7 Å². The minimum atomic E-state index is -0.602. The highest BCUT2D eigenvalue weighted by Crippen LogP contribution is 2.14. The Morgan fingerprint density at radius 1 is 1.07 bits per heavy atom. The Kier molecular flexibility index (Phi) is 5.30. The number of hydrogen-bond donors (Lipinski definition) is 2. The summed E-state index contributed by atoms with van der Waals surface area (Å²) in [5, 5.41) is 10.0. The van der Waals surface area contributed by atoms with Crippen LogP contribution in [0.15, 0.2) is 47.3 Å². The summed E-state index contributed by atoms with van der Waals surface area (Å²) in [6, 6.07) is 12.5. The highest BCUT2D eigenvalue weighted by atomic mass is 16.5. The molecule has 27 heavy (non-hydrogen) atoms. The molecule has 1 aromatic heterocycles.